The van der Waals surface area contributed by atoms with E-state index in [0.29, 0.717) is 11.0 Å². The minimum Gasteiger partial charge on any atom is -0.394 e. The lowest BCUT2D eigenvalue weighted by Crippen LogP contribution is -2.59. The molecule has 15 heavy (non-hydrogen) atoms. The van der Waals surface area contributed by atoms with Crippen molar-refractivity contribution in [2.45, 2.75) is 30.7 Å². The Bertz CT molecular complexity index is 192. The third kappa shape index (κ3) is 3.22. The monoisotopic (exact) mass is 334 g/mol. The van der Waals surface area contributed by atoms with Crippen LogP contribution in [0.2, 0.25) is 0 Å². The van der Waals surface area contributed by atoms with Crippen LogP contribution in [-0.2, 0) is 9.47 Å². The van der Waals surface area contributed by atoms with E-state index in [4.69, 9.17) is 14.6 Å². The van der Waals surface area contributed by atoms with Crippen molar-refractivity contribution in [2.75, 3.05) is 17.6 Å². The van der Waals surface area contributed by atoms with Crippen LogP contribution in [0, 0.1) is 0 Å². The molecule has 0 spiro atoms. The van der Waals surface area contributed by atoms with Crippen molar-refractivity contribution in [1.82, 2.24) is 0 Å². The molecule has 1 aliphatic heterocycles. The largest absolute Gasteiger partial charge is 0.394 e. The first-order valence-corrected chi connectivity index (χ1v) is 6.12. The van der Waals surface area contributed by atoms with Gasteiger partial charge < -0.3 is 29.9 Å². The molecule has 1 aliphatic rings. The van der Waals surface area contributed by atoms with E-state index in [9.17, 15) is 15.3 Å². The molecule has 4 N–H and O–H groups in total. The van der Waals surface area contributed by atoms with Crippen molar-refractivity contribution in [2.24, 2.45) is 0 Å². The maximum atomic E-state index is 9.66. The first-order chi connectivity index (χ1) is 7.11. The molecule has 0 unspecified atom stereocenters. The van der Waals surface area contributed by atoms with Crippen LogP contribution in [0.1, 0.15) is 0 Å². The number of halogens is 1. The number of alkyl halides is 1. The van der Waals surface area contributed by atoms with Gasteiger partial charge in [-0.3, -0.25) is 0 Å². The molecule has 90 valence electrons. The topological polar surface area (TPSA) is 99.4 Å². The van der Waals surface area contributed by atoms with Crippen molar-refractivity contribution in [1.29, 1.82) is 0 Å². The third-order valence-corrected chi connectivity index (χ3v) is 2.67. The summed E-state index contributed by atoms with van der Waals surface area (Å²) in [5.74, 6) is 0. The molecule has 0 saturated carbocycles. The van der Waals surface area contributed by atoms with Gasteiger partial charge in [-0.05, 0) is 0 Å². The molecule has 0 aromatic rings. The van der Waals surface area contributed by atoms with Gasteiger partial charge in [0.1, 0.15) is 24.4 Å². The fourth-order valence-corrected chi connectivity index (χ4v) is 1.70. The van der Waals surface area contributed by atoms with Crippen LogP contribution in [0.5, 0.6) is 0 Å². The Morgan fingerprint density at radius 3 is 2.40 bits per heavy atom. The Kier molecular flexibility index (Phi) is 5.68. The lowest BCUT2D eigenvalue weighted by Gasteiger charge is -2.39. The highest BCUT2D eigenvalue weighted by Crippen LogP contribution is 2.22. The molecule has 0 aliphatic carbocycles. The number of hydrogen-bond acceptors (Lipinski definition) is 6. The Morgan fingerprint density at radius 2 is 1.87 bits per heavy atom. The van der Waals surface area contributed by atoms with Gasteiger partial charge in [-0.25, -0.2) is 0 Å². The lowest BCUT2D eigenvalue weighted by atomic mass is 9.99. The summed E-state index contributed by atoms with van der Waals surface area (Å²) in [7, 11) is 0. The van der Waals surface area contributed by atoms with Gasteiger partial charge in [0.15, 0.2) is 6.29 Å². The van der Waals surface area contributed by atoms with E-state index in [2.05, 4.69) is 22.6 Å². The van der Waals surface area contributed by atoms with E-state index in [1.54, 1.807) is 0 Å². The highest BCUT2D eigenvalue weighted by molar-refractivity contribution is 14.1. The number of hydrogen-bond donors (Lipinski definition) is 4. The Hall–Kier alpha value is 0.490. The van der Waals surface area contributed by atoms with Crippen LogP contribution in [0.25, 0.3) is 0 Å². The van der Waals surface area contributed by atoms with Gasteiger partial charge in [0.05, 0.1) is 13.2 Å². The Labute approximate surface area is 101 Å². The van der Waals surface area contributed by atoms with Gasteiger partial charge in [0, 0.05) is 4.43 Å². The second-order valence-electron chi connectivity index (χ2n) is 3.25. The van der Waals surface area contributed by atoms with E-state index < -0.39 is 37.3 Å². The first-order valence-electron chi connectivity index (χ1n) is 4.60. The second-order valence-corrected chi connectivity index (χ2v) is 4.33. The molecule has 1 saturated heterocycles. The first kappa shape index (κ1) is 13.6. The van der Waals surface area contributed by atoms with Crippen molar-refractivity contribution in [3.05, 3.63) is 0 Å². The van der Waals surface area contributed by atoms with Crippen molar-refractivity contribution < 1.29 is 29.9 Å². The van der Waals surface area contributed by atoms with Gasteiger partial charge in [0.25, 0.3) is 0 Å². The quantitative estimate of drug-likeness (QED) is 0.359. The molecule has 1 heterocycles. The fourth-order valence-electron chi connectivity index (χ4n) is 1.44. The lowest BCUT2D eigenvalue weighted by molar-refractivity contribution is -0.293. The van der Waals surface area contributed by atoms with Crippen LogP contribution in [-0.4, -0.2) is 68.8 Å². The highest BCUT2D eigenvalue weighted by Gasteiger charge is 2.44. The van der Waals surface area contributed by atoms with Crippen LogP contribution in [0.3, 0.4) is 0 Å². The summed E-state index contributed by atoms with van der Waals surface area (Å²) in [5, 5.41) is 37.3. The summed E-state index contributed by atoms with van der Waals surface area (Å²) in [6, 6.07) is 0. The van der Waals surface area contributed by atoms with Gasteiger partial charge in [-0.2, -0.15) is 0 Å². The maximum Gasteiger partial charge on any atom is 0.184 e. The molecule has 0 aromatic carbocycles. The number of rotatable bonds is 4. The van der Waals surface area contributed by atoms with E-state index in [0.717, 1.165) is 0 Å². The van der Waals surface area contributed by atoms with Crippen molar-refractivity contribution in [3.63, 3.8) is 0 Å². The number of aliphatic hydroxyl groups excluding tert-OH is 4. The molecule has 6 nitrogen and oxygen atoms in total. The molecular formula is C8H15IO6. The molecule has 0 amide bonds. The van der Waals surface area contributed by atoms with Gasteiger partial charge in [-0.15, -0.1) is 0 Å². The minimum absolute atomic E-state index is 0.351. The average molecular weight is 334 g/mol. The van der Waals surface area contributed by atoms with Crippen LogP contribution < -0.4 is 0 Å². The van der Waals surface area contributed by atoms with Crippen LogP contribution >= 0.6 is 22.6 Å². The summed E-state index contributed by atoms with van der Waals surface area (Å²) < 4.78 is 10.7. The van der Waals surface area contributed by atoms with E-state index in [1.807, 2.05) is 0 Å². The summed E-state index contributed by atoms with van der Waals surface area (Å²) in [6.45, 7) is -0.0841. The Balaban J connectivity index is 2.62. The summed E-state index contributed by atoms with van der Waals surface area (Å²) in [6.07, 6.45) is -5.74. The molecule has 1 fully saturated rings. The summed E-state index contributed by atoms with van der Waals surface area (Å²) in [4.78, 5) is 0. The molecule has 7 heteroatoms. The van der Waals surface area contributed by atoms with E-state index in [1.165, 1.54) is 0 Å². The smallest absolute Gasteiger partial charge is 0.184 e. The summed E-state index contributed by atoms with van der Waals surface area (Å²) in [5.41, 5.74) is 0. The molecule has 0 radical (unpaired) electrons. The van der Waals surface area contributed by atoms with E-state index >= 15 is 0 Å². The normalized spacial score (nSPS) is 41.8. The fraction of sp³-hybridized carbons (Fsp3) is 1.00. The highest BCUT2D eigenvalue weighted by atomic mass is 127. The minimum atomic E-state index is -1.44. The average Bonchev–Trinajstić information content (AvgIpc) is 2.23. The van der Waals surface area contributed by atoms with Gasteiger partial charge in [-0.1, -0.05) is 22.6 Å². The number of ether oxygens (including phenoxy) is 2. The van der Waals surface area contributed by atoms with Gasteiger partial charge >= 0.3 is 0 Å². The second kappa shape index (κ2) is 6.28. The predicted molar refractivity (Wildman–Crippen MR) is 58.6 cm³/mol. The summed E-state index contributed by atoms with van der Waals surface area (Å²) >= 11 is 2.09. The molecular weight excluding hydrogens is 319 g/mol. The third-order valence-electron chi connectivity index (χ3n) is 2.23. The SMILES string of the molecule is OC[C@H]1O[C@@H](O)[C@H](O)[C@@H](OCCI)[C@@H]1O. The van der Waals surface area contributed by atoms with Crippen LogP contribution in [0.4, 0.5) is 0 Å². The van der Waals surface area contributed by atoms with E-state index in [-0.39, 0.29) is 0 Å². The Morgan fingerprint density at radius 1 is 1.20 bits per heavy atom. The number of aliphatic hydroxyl groups is 4. The molecule has 1 rings (SSSR count). The molecule has 0 bridgehead atoms. The maximum absolute atomic E-state index is 9.66. The molecule has 0 aromatic heterocycles. The van der Waals surface area contributed by atoms with Crippen LogP contribution in [0.15, 0.2) is 0 Å². The van der Waals surface area contributed by atoms with Gasteiger partial charge in [0.2, 0.25) is 0 Å². The zero-order valence-electron chi connectivity index (χ0n) is 7.99. The van der Waals surface area contributed by atoms with Crippen molar-refractivity contribution in [3.8, 4) is 0 Å². The predicted octanol–water partition coefficient (Wildman–Crippen LogP) is -1.76. The standard InChI is InChI=1S/C8H15IO6/c9-1-2-14-7-5(11)4(3-10)15-8(13)6(7)12/h4-8,10-13H,1-3H2/t4-,5-,6-,7+,8-/m1/s1. The zero-order valence-corrected chi connectivity index (χ0v) is 10.1. The van der Waals surface area contributed by atoms with Crippen molar-refractivity contribution >= 4 is 22.6 Å². The molecule has 5 atom stereocenters. The zero-order chi connectivity index (χ0) is 11.4.